The van der Waals surface area contributed by atoms with E-state index >= 15 is 0 Å². The average molecular weight is 161 g/mol. The Labute approximate surface area is 74.1 Å². The van der Waals surface area contributed by atoms with E-state index in [1.807, 2.05) is 6.20 Å². The van der Waals surface area contributed by atoms with Crippen LogP contribution in [-0.2, 0) is 0 Å². The third-order valence-corrected chi connectivity index (χ3v) is 1.58. The van der Waals surface area contributed by atoms with Crippen LogP contribution < -0.4 is 5.32 Å². The number of hydrogen-bond donors (Lipinski definition) is 1. The Morgan fingerprint density at radius 3 is 2.25 bits per heavy atom. The Kier molecular flexibility index (Phi) is 2.92. The molecule has 0 bridgehead atoms. The fraction of sp³-hybridized carbons (Fsp3) is 0.273. The molecule has 0 saturated heterocycles. The van der Waals surface area contributed by atoms with Gasteiger partial charge in [-0.05, 0) is 39.1 Å². The van der Waals surface area contributed by atoms with Gasteiger partial charge in [-0.2, -0.15) is 0 Å². The summed E-state index contributed by atoms with van der Waals surface area (Å²) in [6.45, 7) is 6.23. The summed E-state index contributed by atoms with van der Waals surface area (Å²) in [4.78, 5) is 0. The molecule has 0 spiro atoms. The van der Waals surface area contributed by atoms with Crippen molar-refractivity contribution in [1.29, 1.82) is 0 Å². The molecular weight excluding hydrogens is 146 g/mol. The molecule has 1 aromatic carbocycles. The SMILES string of the molecule is CC(C)=CNc1ccc(C)cc1. The second-order valence-electron chi connectivity index (χ2n) is 3.23. The van der Waals surface area contributed by atoms with E-state index < -0.39 is 0 Å². The zero-order valence-electron chi connectivity index (χ0n) is 7.89. The van der Waals surface area contributed by atoms with Crippen LogP contribution in [0.2, 0.25) is 0 Å². The lowest BCUT2D eigenvalue weighted by atomic mass is 10.2. The molecule has 0 radical (unpaired) electrons. The molecule has 1 nitrogen and oxygen atoms in total. The van der Waals surface area contributed by atoms with Gasteiger partial charge >= 0.3 is 0 Å². The van der Waals surface area contributed by atoms with Crippen molar-refractivity contribution in [2.75, 3.05) is 5.32 Å². The van der Waals surface area contributed by atoms with E-state index in [-0.39, 0.29) is 0 Å². The van der Waals surface area contributed by atoms with Crippen LogP contribution in [0.25, 0.3) is 0 Å². The number of allylic oxidation sites excluding steroid dienone is 1. The molecule has 0 aromatic heterocycles. The topological polar surface area (TPSA) is 12.0 Å². The van der Waals surface area contributed by atoms with Gasteiger partial charge in [0.15, 0.2) is 0 Å². The molecule has 0 atom stereocenters. The lowest BCUT2D eigenvalue weighted by molar-refractivity contribution is 1.36. The number of hydrogen-bond acceptors (Lipinski definition) is 1. The molecule has 64 valence electrons. The van der Waals surface area contributed by atoms with Crippen LogP contribution in [0.4, 0.5) is 5.69 Å². The third kappa shape index (κ3) is 2.79. The first-order valence-electron chi connectivity index (χ1n) is 4.15. The van der Waals surface area contributed by atoms with Gasteiger partial charge in [-0.1, -0.05) is 23.3 Å². The van der Waals surface area contributed by atoms with Gasteiger partial charge in [0.05, 0.1) is 0 Å². The summed E-state index contributed by atoms with van der Waals surface area (Å²) in [7, 11) is 0. The second-order valence-corrected chi connectivity index (χ2v) is 3.23. The smallest absolute Gasteiger partial charge is 0.0379 e. The van der Waals surface area contributed by atoms with Gasteiger partial charge in [0, 0.05) is 5.69 Å². The van der Waals surface area contributed by atoms with E-state index in [2.05, 4.69) is 50.4 Å². The van der Waals surface area contributed by atoms with Gasteiger partial charge in [-0.25, -0.2) is 0 Å². The Morgan fingerprint density at radius 1 is 1.17 bits per heavy atom. The quantitative estimate of drug-likeness (QED) is 0.701. The zero-order valence-corrected chi connectivity index (χ0v) is 7.89. The van der Waals surface area contributed by atoms with Gasteiger partial charge in [-0.15, -0.1) is 0 Å². The Bertz CT molecular complexity index is 266. The Hall–Kier alpha value is -1.24. The van der Waals surface area contributed by atoms with Crippen molar-refractivity contribution < 1.29 is 0 Å². The molecule has 1 aromatic rings. The molecule has 1 heteroatoms. The van der Waals surface area contributed by atoms with Crippen molar-refractivity contribution in [3.8, 4) is 0 Å². The highest BCUT2D eigenvalue weighted by atomic mass is 14.8. The first-order valence-corrected chi connectivity index (χ1v) is 4.15. The van der Waals surface area contributed by atoms with E-state index in [4.69, 9.17) is 0 Å². The number of anilines is 1. The second kappa shape index (κ2) is 3.96. The fourth-order valence-corrected chi connectivity index (χ4v) is 0.877. The number of rotatable bonds is 2. The van der Waals surface area contributed by atoms with Crippen molar-refractivity contribution in [3.63, 3.8) is 0 Å². The predicted octanol–water partition coefficient (Wildman–Crippen LogP) is 3.33. The van der Waals surface area contributed by atoms with Crippen LogP contribution in [0.1, 0.15) is 19.4 Å². The molecular formula is C11H15N. The van der Waals surface area contributed by atoms with Crippen molar-refractivity contribution in [3.05, 3.63) is 41.6 Å². The standard InChI is InChI=1S/C11H15N/c1-9(2)8-12-11-6-4-10(3)5-7-11/h4-8,12H,1-3H3. The molecule has 0 heterocycles. The maximum absolute atomic E-state index is 3.21. The first kappa shape index (κ1) is 8.85. The summed E-state index contributed by atoms with van der Waals surface area (Å²) < 4.78 is 0. The Morgan fingerprint density at radius 2 is 1.75 bits per heavy atom. The van der Waals surface area contributed by atoms with E-state index in [9.17, 15) is 0 Å². The van der Waals surface area contributed by atoms with Crippen molar-refractivity contribution in [2.24, 2.45) is 0 Å². The normalized spacial score (nSPS) is 9.25. The van der Waals surface area contributed by atoms with Crippen LogP contribution in [0.5, 0.6) is 0 Å². The van der Waals surface area contributed by atoms with E-state index in [0.29, 0.717) is 0 Å². The van der Waals surface area contributed by atoms with Gasteiger partial charge in [-0.3, -0.25) is 0 Å². The van der Waals surface area contributed by atoms with Gasteiger partial charge < -0.3 is 5.32 Å². The maximum Gasteiger partial charge on any atom is 0.0379 e. The van der Waals surface area contributed by atoms with Crippen LogP contribution >= 0.6 is 0 Å². The summed E-state index contributed by atoms with van der Waals surface area (Å²) in [5.41, 5.74) is 3.70. The summed E-state index contributed by atoms with van der Waals surface area (Å²) in [5, 5.41) is 3.21. The number of benzene rings is 1. The molecule has 12 heavy (non-hydrogen) atoms. The average Bonchev–Trinajstić information content (AvgIpc) is 2.03. The van der Waals surface area contributed by atoms with Crippen molar-refractivity contribution in [2.45, 2.75) is 20.8 Å². The van der Waals surface area contributed by atoms with Gasteiger partial charge in [0.2, 0.25) is 0 Å². The monoisotopic (exact) mass is 161 g/mol. The van der Waals surface area contributed by atoms with Gasteiger partial charge in [0.1, 0.15) is 0 Å². The van der Waals surface area contributed by atoms with E-state index in [0.717, 1.165) is 5.69 Å². The molecule has 0 aliphatic rings. The van der Waals surface area contributed by atoms with Crippen LogP contribution in [0.15, 0.2) is 36.0 Å². The summed E-state index contributed by atoms with van der Waals surface area (Å²) in [5.74, 6) is 0. The summed E-state index contributed by atoms with van der Waals surface area (Å²) in [6, 6.07) is 8.35. The third-order valence-electron chi connectivity index (χ3n) is 1.58. The summed E-state index contributed by atoms with van der Waals surface area (Å²) in [6.07, 6.45) is 2.00. The minimum absolute atomic E-state index is 1.14. The first-order chi connectivity index (χ1) is 5.68. The highest BCUT2D eigenvalue weighted by molar-refractivity contribution is 5.46. The van der Waals surface area contributed by atoms with Crippen LogP contribution in [0.3, 0.4) is 0 Å². The summed E-state index contributed by atoms with van der Waals surface area (Å²) >= 11 is 0. The molecule has 0 aliphatic carbocycles. The lowest BCUT2D eigenvalue weighted by Gasteiger charge is -2.01. The molecule has 0 saturated carbocycles. The molecule has 0 amide bonds. The van der Waals surface area contributed by atoms with E-state index in [1.165, 1.54) is 11.1 Å². The minimum atomic E-state index is 1.14. The number of nitrogens with one attached hydrogen (secondary N) is 1. The van der Waals surface area contributed by atoms with Crippen LogP contribution in [0, 0.1) is 6.92 Å². The fourth-order valence-electron chi connectivity index (χ4n) is 0.877. The highest BCUT2D eigenvalue weighted by Crippen LogP contribution is 2.08. The number of aryl methyl sites for hydroxylation is 1. The van der Waals surface area contributed by atoms with Gasteiger partial charge in [0.25, 0.3) is 0 Å². The molecule has 0 aliphatic heterocycles. The lowest BCUT2D eigenvalue weighted by Crippen LogP contribution is -1.87. The van der Waals surface area contributed by atoms with Crippen molar-refractivity contribution >= 4 is 5.69 Å². The zero-order chi connectivity index (χ0) is 8.97. The predicted molar refractivity (Wildman–Crippen MR) is 54.2 cm³/mol. The molecule has 0 fully saturated rings. The van der Waals surface area contributed by atoms with Crippen molar-refractivity contribution in [1.82, 2.24) is 0 Å². The Balaban J connectivity index is 2.65. The van der Waals surface area contributed by atoms with E-state index in [1.54, 1.807) is 0 Å². The highest BCUT2D eigenvalue weighted by Gasteiger charge is 1.86. The minimum Gasteiger partial charge on any atom is -0.362 e. The molecule has 1 rings (SSSR count). The molecule has 1 N–H and O–H groups in total. The van der Waals surface area contributed by atoms with Crippen LogP contribution in [-0.4, -0.2) is 0 Å². The molecule has 0 unspecified atom stereocenters. The maximum atomic E-state index is 3.21. The largest absolute Gasteiger partial charge is 0.362 e.